The van der Waals surface area contributed by atoms with E-state index in [2.05, 4.69) is 47.1 Å². The summed E-state index contributed by atoms with van der Waals surface area (Å²) in [6.07, 6.45) is 1.56. The Labute approximate surface area is 174 Å². The van der Waals surface area contributed by atoms with E-state index in [4.69, 9.17) is 0 Å². The summed E-state index contributed by atoms with van der Waals surface area (Å²) in [5.41, 5.74) is 4.14. The number of aromatic nitrogens is 8. The molecular formula is C20H24N10. The third-order valence-electron chi connectivity index (χ3n) is 5.64. The van der Waals surface area contributed by atoms with Crippen LogP contribution >= 0.6 is 0 Å². The first-order valence-corrected chi connectivity index (χ1v) is 10.1. The van der Waals surface area contributed by atoms with Crippen molar-refractivity contribution >= 4 is 17.4 Å². The predicted molar refractivity (Wildman–Crippen MR) is 113 cm³/mol. The van der Waals surface area contributed by atoms with Crippen LogP contribution in [0.25, 0.3) is 11.6 Å². The molecule has 0 N–H and O–H groups in total. The van der Waals surface area contributed by atoms with Gasteiger partial charge in [0.05, 0.1) is 5.69 Å². The molecule has 0 aliphatic carbocycles. The molecule has 1 aliphatic heterocycles. The van der Waals surface area contributed by atoms with Gasteiger partial charge in [-0.25, -0.2) is 9.67 Å². The fourth-order valence-corrected chi connectivity index (χ4v) is 3.99. The first kappa shape index (κ1) is 18.5. The first-order valence-electron chi connectivity index (χ1n) is 10.1. The Morgan fingerprint density at radius 3 is 2.23 bits per heavy atom. The molecule has 0 atom stereocenters. The second-order valence-corrected chi connectivity index (χ2v) is 7.68. The van der Waals surface area contributed by atoms with Crippen LogP contribution in [0, 0.1) is 27.7 Å². The molecular weight excluding hydrogens is 380 g/mol. The molecule has 0 spiro atoms. The van der Waals surface area contributed by atoms with E-state index in [0.717, 1.165) is 66.3 Å². The average Bonchev–Trinajstić information content (AvgIpc) is 3.34. The average molecular weight is 404 g/mol. The molecule has 0 unspecified atom stereocenters. The quantitative estimate of drug-likeness (QED) is 0.509. The topological polar surface area (TPSA) is 93.2 Å². The minimum atomic E-state index is 0.640. The first-order chi connectivity index (χ1) is 14.5. The Hall–Kier alpha value is -3.56. The number of rotatable bonds is 3. The zero-order valence-corrected chi connectivity index (χ0v) is 17.6. The van der Waals surface area contributed by atoms with Crippen molar-refractivity contribution in [2.24, 2.45) is 0 Å². The molecule has 1 aliphatic rings. The molecule has 10 heteroatoms. The van der Waals surface area contributed by atoms with Crippen LogP contribution in [-0.2, 0) is 0 Å². The maximum absolute atomic E-state index is 4.52. The molecule has 30 heavy (non-hydrogen) atoms. The van der Waals surface area contributed by atoms with Crippen molar-refractivity contribution in [1.82, 2.24) is 39.6 Å². The SMILES string of the molecule is Cc1cc(C)n(-c2ccc(N3CCN(c4c(C)c(C)nc5ncnn45)CC3)nn2)n1. The van der Waals surface area contributed by atoms with Gasteiger partial charge in [-0.05, 0) is 45.9 Å². The maximum Gasteiger partial charge on any atom is 0.254 e. The molecule has 154 valence electrons. The van der Waals surface area contributed by atoms with Gasteiger partial charge in [0, 0.05) is 43.1 Å². The second-order valence-electron chi connectivity index (χ2n) is 7.68. The van der Waals surface area contributed by atoms with Crippen molar-refractivity contribution in [2.75, 3.05) is 36.0 Å². The summed E-state index contributed by atoms with van der Waals surface area (Å²) in [4.78, 5) is 13.4. The standard InChI is InChI=1S/C20H24N10/c1-13-11-14(2)29(26-13)18-6-5-17(24-25-18)27-7-9-28(10-8-27)19-15(3)16(4)23-20-21-12-22-30(19)20/h5-6,11-12H,7-10H2,1-4H3. The van der Waals surface area contributed by atoms with Crippen LogP contribution in [0.5, 0.6) is 0 Å². The summed E-state index contributed by atoms with van der Waals surface area (Å²) in [5.74, 6) is 3.33. The molecule has 0 radical (unpaired) electrons. The predicted octanol–water partition coefficient (Wildman–Crippen LogP) is 1.66. The monoisotopic (exact) mass is 404 g/mol. The minimum Gasteiger partial charge on any atom is -0.353 e. The molecule has 1 fully saturated rings. The number of nitrogens with zero attached hydrogens (tertiary/aromatic N) is 10. The summed E-state index contributed by atoms with van der Waals surface area (Å²) < 4.78 is 3.66. The molecule has 0 saturated carbocycles. The van der Waals surface area contributed by atoms with E-state index in [9.17, 15) is 0 Å². The fraction of sp³-hybridized carbons (Fsp3) is 0.400. The highest BCUT2D eigenvalue weighted by Gasteiger charge is 2.23. The van der Waals surface area contributed by atoms with Gasteiger partial charge in [0.2, 0.25) is 0 Å². The van der Waals surface area contributed by atoms with Gasteiger partial charge in [-0.15, -0.1) is 10.2 Å². The van der Waals surface area contributed by atoms with Crippen molar-refractivity contribution in [1.29, 1.82) is 0 Å². The highest BCUT2D eigenvalue weighted by Crippen LogP contribution is 2.24. The number of anilines is 2. The summed E-state index contributed by atoms with van der Waals surface area (Å²) in [7, 11) is 0. The Bertz CT molecular complexity index is 1200. The van der Waals surface area contributed by atoms with Gasteiger partial charge in [0.15, 0.2) is 11.6 Å². The largest absolute Gasteiger partial charge is 0.353 e. The second kappa shape index (κ2) is 7.05. The van der Waals surface area contributed by atoms with Crippen LogP contribution in [0.4, 0.5) is 11.6 Å². The summed E-state index contributed by atoms with van der Waals surface area (Å²) in [6, 6.07) is 6.03. The molecule has 0 amide bonds. The number of hydrogen-bond acceptors (Lipinski definition) is 8. The van der Waals surface area contributed by atoms with Gasteiger partial charge in [0.1, 0.15) is 12.1 Å². The smallest absolute Gasteiger partial charge is 0.254 e. The molecule has 4 aromatic rings. The van der Waals surface area contributed by atoms with Crippen molar-refractivity contribution in [3.63, 3.8) is 0 Å². The van der Waals surface area contributed by atoms with Crippen molar-refractivity contribution in [3.05, 3.63) is 47.2 Å². The van der Waals surface area contributed by atoms with Crippen molar-refractivity contribution < 1.29 is 0 Å². The normalized spacial score (nSPS) is 14.7. The zero-order chi connectivity index (χ0) is 20.8. The van der Waals surface area contributed by atoms with Crippen molar-refractivity contribution in [2.45, 2.75) is 27.7 Å². The van der Waals surface area contributed by atoms with Crippen LogP contribution in [0.1, 0.15) is 22.6 Å². The van der Waals surface area contributed by atoms with Crippen LogP contribution in [0.2, 0.25) is 0 Å². The minimum absolute atomic E-state index is 0.640. The van der Waals surface area contributed by atoms with E-state index in [1.165, 1.54) is 0 Å². The Kier molecular flexibility index (Phi) is 4.34. The van der Waals surface area contributed by atoms with Crippen molar-refractivity contribution in [3.8, 4) is 5.82 Å². The van der Waals surface area contributed by atoms with E-state index in [1.807, 2.05) is 48.2 Å². The van der Waals surface area contributed by atoms with E-state index >= 15 is 0 Å². The highest BCUT2D eigenvalue weighted by atomic mass is 15.4. The van der Waals surface area contributed by atoms with Crippen LogP contribution in [0.15, 0.2) is 24.5 Å². The summed E-state index contributed by atoms with van der Waals surface area (Å²) >= 11 is 0. The number of fused-ring (bicyclic) bond motifs is 1. The molecule has 0 bridgehead atoms. The molecule has 5 rings (SSSR count). The van der Waals surface area contributed by atoms with Gasteiger partial charge in [-0.2, -0.15) is 19.7 Å². The third-order valence-corrected chi connectivity index (χ3v) is 5.64. The van der Waals surface area contributed by atoms with Gasteiger partial charge in [-0.1, -0.05) is 0 Å². The third kappa shape index (κ3) is 3.04. The summed E-state index contributed by atoms with van der Waals surface area (Å²) in [5, 5.41) is 17.7. The van der Waals surface area contributed by atoms with E-state index in [-0.39, 0.29) is 0 Å². The van der Waals surface area contributed by atoms with E-state index < -0.39 is 0 Å². The lowest BCUT2D eigenvalue weighted by atomic mass is 10.2. The molecule has 5 heterocycles. The lowest BCUT2D eigenvalue weighted by Crippen LogP contribution is -2.47. The highest BCUT2D eigenvalue weighted by molar-refractivity contribution is 5.55. The van der Waals surface area contributed by atoms with Crippen LogP contribution in [-0.4, -0.2) is 65.7 Å². The Morgan fingerprint density at radius 1 is 0.867 bits per heavy atom. The van der Waals surface area contributed by atoms with Crippen LogP contribution in [0.3, 0.4) is 0 Å². The number of piperazine rings is 1. The zero-order valence-electron chi connectivity index (χ0n) is 17.6. The molecule has 10 nitrogen and oxygen atoms in total. The van der Waals surface area contributed by atoms with Crippen LogP contribution < -0.4 is 9.80 Å². The lowest BCUT2D eigenvalue weighted by Gasteiger charge is -2.37. The summed E-state index contributed by atoms with van der Waals surface area (Å²) in [6.45, 7) is 11.5. The maximum atomic E-state index is 4.52. The van der Waals surface area contributed by atoms with Gasteiger partial charge >= 0.3 is 0 Å². The molecule has 4 aromatic heterocycles. The van der Waals surface area contributed by atoms with Gasteiger partial charge in [0.25, 0.3) is 5.78 Å². The van der Waals surface area contributed by atoms with Gasteiger partial charge in [-0.3, -0.25) is 0 Å². The van der Waals surface area contributed by atoms with E-state index in [0.29, 0.717) is 5.78 Å². The Morgan fingerprint density at radius 2 is 1.57 bits per heavy atom. The lowest BCUT2D eigenvalue weighted by molar-refractivity contribution is 0.626. The molecule has 1 saturated heterocycles. The number of hydrogen-bond donors (Lipinski definition) is 0. The molecule has 0 aromatic carbocycles. The number of aryl methyl sites for hydroxylation is 3. The van der Waals surface area contributed by atoms with Gasteiger partial charge < -0.3 is 9.80 Å². The Balaban J connectivity index is 1.34. The fourth-order valence-electron chi connectivity index (χ4n) is 3.99. The van der Waals surface area contributed by atoms with E-state index in [1.54, 1.807) is 6.33 Å².